The van der Waals surface area contributed by atoms with Gasteiger partial charge in [-0.25, -0.2) is 4.79 Å². The van der Waals surface area contributed by atoms with Gasteiger partial charge in [-0.15, -0.1) is 0 Å². The number of benzene rings is 3. The van der Waals surface area contributed by atoms with Crippen LogP contribution in [-0.4, -0.2) is 35.5 Å². The summed E-state index contributed by atoms with van der Waals surface area (Å²) in [6.07, 6.45) is 0.125. The lowest BCUT2D eigenvalue weighted by Crippen LogP contribution is -2.41. The third kappa shape index (κ3) is 3.69. The Balaban J connectivity index is 1.54. The smallest absolute Gasteiger partial charge is 0.342 e. The van der Waals surface area contributed by atoms with Gasteiger partial charge in [0, 0.05) is 12.5 Å². The summed E-state index contributed by atoms with van der Waals surface area (Å²) in [5.74, 6) is -1.66. The number of hydrogen-bond donors (Lipinski definition) is 2. The van der Waals surface area contributed by atoms with Crippen molar-refractivity contribution in [2.24, 2.45) is 0 Å². The second-order valence-electron chi connectivity index (χ2n) is 7.17. The van der Waals surface area contributed by atoms with E-state index in [4.69, 9.17) is 4.74 Å². The third-order valence-corrected chi connectivity index (χ3v) is 5.04. The molecule has 152 valence electrons. The van der Waals surface area contributed by atoms with E-state index < -0.39 is 24.5 Å². The zero-order valence-electron chi connectivity index (χ0n) is 16.3. The Labute approximate surface area is 172 Å². The maximum atomic E-state index is 12.9. The molecule has 0 unspecified atom stereocenters. The first kappa shape index (κ1) is 19.4. The summed E-state index contributed by atoms with van der Waals surface area (Å²) >= 11 is 0. The molecule has 7 nitrogen and oxygen atoms in total. The van der Waals surface area contributed by atoms with E-state index in [0.717, 1.165) is 10.8 Å². The molecule has 3 aromatic carbocycles. The number of carbonyl (C=O) groups excluding carboxylic acids is 3. The average molecular weight is 404 g/mol. The number of rotatable bonds is 3. The minimum atomic E-state index is -0.795. The number of phenolic OH excluding ortho intramolecular Hbond substituents is 1. The minimum Gasteiger partial charge on any atom is -0.507 e. The summed E-state index contributed by atoms with van der Waals surface area (Å²) in [4.78, 5) is 39.0. The van der Waals surface area contributed by atoms with Crippen LogP contribution in [0.15, 0.2) is 60.7 Å². The minimum absolute atomic E-state index is 0.0114. The van der Waals surface area contributed by atoms with Crippen molar-refractivity contribution >= 4 is 39.9 Å². The van der Waals surface area contributed by atoms with Crippen LogP contribution in [0.25, 0.3) is 10.8 Å². The van der Waals surface area contributed by atoms with Crippen molar-refractivity contribution in [3.05, 3.63) is 66.2 Å². The van der Waals surface area contributed by atoms with Gasteiger partial charge in [-0.1, -0.05) is 36.4 Å². The van der Waals surface area contributed by atoms with Crippen molar-refractivity contribution in [1.29, 1.82) is 0 Å². The van der Waals surface area contributed by atoms with Crippen molar-refractivity contribution in [3.63, 3.8) is 0 Å². The van der Waals surface area contributed by atoms with Crippen LogP contribution >= 0.6 is 0 Å². The van der Waals surface area contributed by atoms with Crippen LogP contribution in [0.3, 0.4) is 0 Å². The van der Waals surface area contributed by atoms with Gasteiger partial charge in [0.15, 0.2) is 6.61 Å². The lowest BCUT2D eigenvalue weighted by molar-refractivity contribution is -0.122. The predicted octanol–water partition coefficient (Wildman–Crippen LogP) is 3.47. The number of hydrogen-bond acceptors (Lipinski definition) is 5. The topological polar surface area (TPSA) is 95.9 Å². The van der Waals surface area contributed by atoms with Gasteiger partial charge in [0.05, 0.1) is 11.4 Å². The second-order valence-corrected chi connectivity index (χ2v) is 7.17. The van der Waals surface area contributed by atoms with Gasteiger partial charge < -0.3 is 20.1 Å². The Hall–Kier alpha value is -3.87. The van der Waals surface area contributed by atoms with E-state index in [-0.39, 0.29) is 23.6 Å². The molecule has 0 saturated carbocycles. The highest BCUT2D eigenvalue weighted by Gasteiger charge is 2.30. The third-order valence-electron chi connectivity index (χ3n) is 5.04. The van der Waals surface area contributed by atoms with Crippen molar-refractivity contribution in [2.45, 2.75) is 19.4 Å². The number of nitrogens with zero attached hydrogens (tertiary/aromatic N) is 1. The number of anilines is 2. The molecule has 2 amide bonds. The average Bonchev–Trinajstić information content (AvgIpc) is 2.85. The Kier molecular flexibility index (Phi) is 5.10. The van der Waals surface area contributed by atoms with Crippen LogP contribution in [0.1, 0.15) is 23.7 Å². The molecule has 0 saturated heterocycles. The van der Waals surface area contributed by atoms with Gasteiger partial charge in [0.25, 0.3) is 5.91 Å². The maximum Gasteiger partial charge on any atom is 0.342 e. The molecule has 1 atom stereocenters. The molecule has 1 aliphatic rings. The molecule has 30 heavy (non-hydrogen) atoms. The maximum absolute atomic E-state index is 12.9. The summed E-state index contributed by atoms with van der Waals surface area (Å²) in [7, 11) is 0. The number of carbonyl (C=O) groups is 3. The van der Waals surface area contributed by atoms with Crippen LogP contribution in [0.2, 0.25) is 0 Å². The van der Waals surface area contributed by atoms with E-state index in [1.807, 2.05) is 24.3 Å². The van der Waals surface area contributed by atoms with Gasteiger partial charge in [-0.2, -0.15) is 0 Å². The van der Waals surface area contributed by atoms with Gasteiger partial charge in [-0.05, 0) is 42.0 Å². The van der Waals surface area contributed by atoms with Crippen LogP contribution < -0.4 is 10.2 Å². The Bertz CT molecular complexity index is 1160. The molecule has 0 aliphatic carbocycles. The summed E-state index contributed by atoms with van der Waals surface area (Å²) in [6.45, 7) is 1.24. The number of amides is 2. The number of esters is 1. The van der Waals surface area contributed by atoms with E-state index in [1.54, 1.807) is 31.2 Å². The zero-order chi connectivity index (χ0) is 21.3. The molecule has 2 N–H and O–H groups in total. The number of nitrogens with one attached hydrogen (secondary N) is 1. The van der Waals surface area contributed by atoms with Crippen LogP contribution in [0, 0.1) is 0 Å². The molecule has 0 radical (unpaired) electrons. The molecule has 4 rings (SSSR count). The second kappa shape index (κ2) is 7.87. The first-order valence-electron chi connectivity index (χ1n) is 9.54. The first-order valence-corrected chi connectivity index (χ1v) is 9.54. The van der Waals surface area contributed by atoms with Gasteiger partial charge in [-0.3, -0.25) is 9.59 Å². The first-order chi connectivity index (χ1) is 14.4. The largest absolute Gasteiger partial charge is 0.507 e. The lowest BCUT2D eigenvalue weighted by Gasteiger charge is -2.27. The summed E-state index contributed by atoms with van der Waals surface area (Å²) in [5, 5.41) is 14.5. The number of phenols is 1. The summed E-state index contributed by atoms with van der Waals surface area (Å²) in [5.41, 5.74) is 1.06. The van der Waals surface area contributed by atoms with E-state index in [2.05, 4.69) is 5.32 Å². The molecule has 0 aromatic heterocycles. The fraction of sp³-hybridized carbons (Fsp3) is 0.174. The number of aromatic hydroxyl groups is 1. The number of para-hydroxylation sites is 2. The molecular weight excluding hydrogens is 384 g/mol. The monoisotopic (exact) mass is 404 g/mol. The molecular formula is C23H20N2O5. The fourth-order valence-corrected chi connectivity index (χ4v) is 3.63. The van der Waals surface area contributed by atoms with E-state index >= 15 is 0 Å². The Morgan fingerprint density at radius 3 is 2.53 bits per heavy atom. The van der Waals surface area contributed by atoms with Crippen molar-refractivity contribution in [2.75, 3.05) is 16.8 Å². The number of fused-ring (bicyclic) bond motifs is 2. The summed E-state index contributed by atoms with van der Waals surface area (Å²) < 4.78 is 5.21. The zero-order valence-corrected chi connectivity index (χ0v) is 16.3. The van der Waals surface area contributed by atoms with Crippen molar-refractivity contribution in [1.82, 2.24) is 0 Å². The molecule has 0 spiro atoms. The highest BCUT2D eigenvalue weighted by molar-refractivity contribution is 6.06. The fourth-order valence-electron chi connectivity index (χ4n) is 3.63. The van der Waals surface area contributed by atoms with E-state index in [0.29, 0.717) is 11.4 Å². The molecule has 3 aromatic rings. The summed E-state index contributed by atoms with van der Waals surface area (Å²) in [6, 6.07) is 16.9. The molecule has 0 bridgehead atoms. The highest BCUT2D eigenvalue weighted by atomic mass is 16.5. The standard InChI is InChI=1S/C23H20N2O5/c1-14-10-21(27)24-18-8-4-5-9-19(18)25(14)22(28)13-30-23(29)17-11-15-6-2-3-7-16(15)12-20(17)26/h2-9,11-12,14,26H,10,13H2,1H3,(H,24,27)/t14-/m0/s1. The number of ether oxygens (including phenoxy) is 1. The normalized spacial score (nSPS) is 15.8. The van der Waals surface area contributed by atoms with Crippen LogP contribution in [0.5, 0.6) is 5.75 Å². The van der Waals surface area contributed by atoms with Crippen LogP contribution in [-0.2, 0) is 14.3 Å². The van der Waals surface area contributed by atoms with Crippen LogP contribution in [0.4, 0.5) is 11.4 Å². The molecule has 0 fully saturated rings. The van der Waals surface area contributed by atoms with Crippen molar-refractivity contribution < 1.29 is 24.2 Å². The lowest BCUT2D eigenvalue weighted by atomic mass is 10.1. The van der Waals surface area contributed by atoms with Crippen molar-refractivity contribution in [3.8, 4) is 5.75 Å². The van der Waals surface area contributed by atoms with E-state index in [1.165, 1.54) is 17.0 Å². The van der Waals surface area contributed by atoms with Gasteiger partial charge >= 0.3 is 5.97 Å². The molecule has 1 heterocycles. The van der Waals surface area contributed by atoms with Gasteiger partial charge in [0.2, 0.25) is 5.91 Å². The predicted molar refractivity (Wildman–Crippen MR) is 113 cm³/mol. The quantitative estimate of drug-likeness (QED) is 0.652. The Morgan fingerprint density at radius 1 is 1.10 bits per heavy atom. The Morgan fingerprint density at radius 2 is 1.77 bits per heavy atom. The van der Waals surface area contributed by atoms with Gasteiger partial charge in [0.1, 0.15) is 11.3 Å². The SMILES string of the molecule is C[C@H]1CC(=O)Nc2ccccc2N1C(=O)COC(=O)c1cc2ccccc2cc1O. The molecule has 1 aliphatic heterocycles. The van der Waals surface area contributed by atoms with E-state index in [9.17, 15) is 19.5 Å². The molecule has 7 heteroatoms. The highest BCUT2D eigenvalue weighted by Crippen LogP contribution is 2.31.